The van der Waals surface area contributed by atoms with E-state index in [1.54, 1.807) is 7.11 Å². The smallest absolute Gasteiger partial charge is 0.276 e. The maximum absolute atomic E-state index is 13.8. The van der Waals surface area contributed by atoms with Gasteiger partial charge in [-0.2, -0.15) is 0 Å². The molecule has 0 saturated heterocycles. The Hall–Kier alpha value is -3.73. The van der Waals surface area contributed by atoms with Gasteiger partial charge in [-0.05, 0) is 61.9 Å². The molecule has 5 rings (SSSR count). The van der Waals surface area contributed by atoms with E-state index in [0.29, 0.717) is 0 Å². The molecule has 4 aromatic rings. The molecule has 1 unspecified atom stereocenters. The zero-order valence-corrected chi connectivity index (χ0v) is 18.7. The standard InChI is InChI=1S/C27H26N2O3/c1-17(2)32-21-13-9-18(10-14-21)25-24-22-7-5-6-8-23(22)28(3)26(24)27(30)29(25)19-11-15-20(31-4)16-12-19/h5-17,25H,1-4H3. The number of nitrogens with zero attached hydrogens (tertiary/aromatic N) is 2. The van der Waals surface area contributed by atoms with Crippen molar-refractivity contribution < 1.29 is 14.3 Å². The van der Waals surface area contributed by atoms with Crippen molar-refractivity contribution in [2.75, 3.05) is 12.0 Å². The second-order valence-corrected chi connectivity index (χ2v) is 8.35. The fourth-order valence-electron chi connectivity index (χ4n) is 4.64. The summed E-state index contributed by atoms with van der Waals surface area (Å²) in [6.07, 6.45) is 0.106. The van der Waals surface area contributed by atoms with Gasteiger partial charge in [-0.3, -0.25) is 9.69 Å². The van der Waals surface area contributed by atoms with Gasteiger partial charge in [0.1, 0.15) is 17.2 Å². The Bertz CT molecular complexity index is 1290. The van der Waals surface area contributed by atoms with Gasteiger partial charge in [0, 0.05) is 29.2 Å². The van der Waals surface area contributed by atoms with Crippen LogP contribution in [0.1, 0.15) is 41.5 Å². The van der Waals surface area contributed by atoms with Crippen molar-refractivity contribution in [2.45, 2.75) is 26.0 Å². The Kier molecular flexibility index (Phi) is 4.89. The molecule has 1 atom stereocenters. The van der Waals surface area contributed by atoms with Gasteiger partial charge in [0.05, 0.1) is 19.3 Å². The summed E-state index contributed by atoms with van der Waals surface area (Å²) in [7, 11) is 3.61. The van der Waals surface area contributed by atoms with Crippen molar-refractivity contribution in [3.63, 3.8) is 0 Å². The number of aryl methyl sites for hydroxylation is 1. The van der Waals surface area contributed by atoms with E-state index in [2.05, 4.69) is 24.3 Å². The highest BCUT2D eigenvalue weighted by Gasteiger charge is 2.42. The van der Waals surface area contributed by atoms with Crippen LogP contribution in [-0.4, -0.2) is 23.7 Å². The van der Waals surface area contributed by atoms with Crippen LogP contribution >= 0.6 is 0 Å². The number of carbonyl (C=O) groups excluding carboxylic acids is 1. The number of carbonyl (C=O) groups is 1. The van der Waals surface area contributed by atoms with Crippen LogP contribution in [0.15, 0.2) is 72.8 Å². The summed E-state index contributed by atoms with van der Waals surface area (Å²) in [5, 5.41) is 1.10. The van der Waals surface area contributed by atoms with E-state index in [4.69, 9.17) is 9.47 Å². The third-order valence-electron chi connectivity index (χ3n) is 6.02. The van der Waals surface area contributed by atoms with E-state index in [1.807, 2.05) is 78.9 Å². The zero-order valence-electron chi connectivity index (χ0n) is 18.7. The van der Waals surface area contributed by atoms with Crippen molar-refractivity contribution in [1.29, 1.82) is 0 Å². The van der Waals surface area contributed by atoms with Gasteiger partial charge in [0.2, 0.25) is 0 Å². The molecule has 0 saturated carbocycles. The first kappa shape index (κ1) is 20.2. The molecular weight excluding hydrogens is 400 g/mol. The van der Waals surface area contributed by atoms with E-state index in [1.165, 1.54) is 0 Å². The summed E-state index contributed by atoms with van der Waals surface area (Å²) >= 11 is 0. The molecule has 5 nitrogen and oxygen atoms in total. The third kappa shape index (κ3) is 3.12. The molecular formula is C27H26N2O3. The first-order valence-corrected chi connectivity index (χ1v) is 10.8. The second kappa shape index (κ2) is 7.75. The third-order valence-corrected chi connectivity index (χ3v) is 6.02. The lowest BCUT2D eigenvalue weighted by atomic mass is 9.97. The van der Waals surface area contributed by atoms with Crippen LogP contribution in [0.5, 0.6) is 11.5 Å². The predicted molar refractivity (Wildman–Crippen MR) is 127 cm³/mol. The Labute approximate surface area is 187 Å². The van der Waals surface area contributed by atoms with Crippen molar-refractivity contribution in [3.05, 3.63) is 89.6 Å². The lowest BCUT2D eigenvalue weighted by molar-refractivity contribution is 0.0986. The number of fused-ring (bicyclic) bond motifs is 3. The zero-order chi connectivity index (χ0) is 22.4. The Morgan fingerprint density at radius 2 is 1.53 bits per heavy atom. The Balaban J connectivity index is 1.69. The molecule has 1 aromatic heterocycles. The average molecular weight is 427 g/mol. The monoisotopic (exact) mass is 426 g/mol. The minimum Gasteiger partial charge on any atom is -0.497 e. The van der Waals surface area contributed by atoms with Crippen molar-refractivity contribution in [3.8, 4) is 11.5 Å². The van der Waals surface area contributed by atoms with Crippen LogP contribution in [0.3, 0.4) is 0 Å². The van der Waals surface area contributed by atoms with Crippen molar-refractivity contribution in [2.24, 2.45) is 7.05 Å². The number of methoxy groups -OCH3 is 1. The van der Waals surface area contributed by atoms with E-state index >= 15 is 0 Å². The molecule has 1 aliphatic rings. The number of rotatable bonds is 5. The molecule has 1 amide bonds. The number of para-hydroxylation sites is 1. The highest BCUT2D eigenvalue weighted by molar-refractivity contribution is 6.15. The fraction of sp³-hybridized carbons (Fsp3) is 0.222. The van der Waals surface area contributed by atoms with Crippen LogP contribution in [0.4, 0.5) is 5.69 Å². The maximum atomic E-state index is 13.8. The lowest BCUT2D eigenvalue weighted by Crippen LogP contribution is -2.29. The molecule has 0 bridgehead atoms. The highest BCUT2D eigenvalue weighted by atomic mass is 16.5. The molecule has 2 heterocycles. The van der Waals surface area contributed by atoms with Crippen molar-refractivity contribution >= 4 is 22.5 Å². The summed E-state index contributed by atoms with van der Waals surface area (Å²) in [6.45, 7) is 4.02. The van der Waals surface area contributed by atoms with Gasteiger partial charge in [-0.15, -0.1) is 0 Å². The van der Waals surface area contributed by atoms with Gasteiger partial charge in [0.15, 0.2) is 0 Å². The molecule has 1 aliphatic heterocycles. The number of amides is 1. The molecule has 5 heteroatoms. The van der Waals surface area contributed by atoms with Gasteiger partial charge in [0.25, 0.3) is 5.91 Å². The molecule has 0 fully saturated rings. The topological polar surface area (TPSA) is 43.7 Å². The van der Waals surface area contributed by atoms with E-state index < -0.39 is 0 Å². The van der Waals surface area contributed by atoms with Gasteiger partial charge in [-0.1, -0.05) is 30.3 Å². The van der Waals surface area contributed by atoms with E-state index in [9.17, 15) is 4.79 Å². The van der Waals surface area contributed by atoms with Crippen LogP contribution in [0.2, 0.25) is 0 Å². The highest BCUT2D eigenvalue weighted by Crippen LogP contribution is 2.46. The normalized spacial score (nSPS) is 15.5. The van der Waals surface area contributed by atoms with Crippen LogP contribution in [-0.2, 0) is 7.05 Å². The second-order valence-electron chi connectivity index (χ2n) is 8.35. The number of benzene rings is 3. The van der Waals surface area contributed by atoms with Gasteiger partial charge >= 0.3 is 0 Å². The number of hydrogen-bond acceptors (Lipinski definition) is 3. The Morgan fingerprint density at radius 3 is 2.19 bits per heavy atom. The summed E-state index contributed by atoms with van der Waals surface area (Å²) in [5.74, 6) is 1.58. The minimum atomic E-state index is -0.231. The number of ether oxygens (including phenoxy) is 2. The van der Waals surface area contributed by atoms with E-state index in [-0.39, 0.29) is 18.1 Å². The summed E-state index contributed by atoms with van der Waals surface area (Å²) in [5.41, 5.74) is 4.71. The lowest BCUT2D eigenvalue weighted by Gasteiger charge is -2.27. The SMILES string of the molecule is COc1ccc(N2C(=O)c3c(c4ccccc4n3C)C2c2ccc(OC(C)C)cc2)cc1. The summed E-state index contributed by atoms with van der Waals surface area (Å²) in [4.78, 5) is 15.7. The number of anilines is 1. The van der Waals surface area contributed by atoms with Gasteiger partial charge in [-0.25, -0.2) is 0 Å². The first-order chi connectivity index (χ1) is 15.5. The van der Waals surface area contributed by atoms with E-state index in [0.717, 1.165) is 44.9 Å². The molecule has 162 valence electrons. The molecule has 0 N–H and O–H groups in total. The summed E-state index contributed by atoms with van der Waals surface area (Å²) in [6, 6.07) is 23.7. The fourth-order valence-corrected chi connectivity index (χ4v) is 4.64. The van der Waals surface area contributed by atoms with Crippen LogP contribution in [0.25, 0.3) is 10.9 Å². The molecule has 32 heavy (non-hydrogen) atoms. The molecule has 0 spiro atoms. The van der Waals surface area contributed by atoms with Crippen LogP contribution < -0.4 is 14.4 Å². The molecule has 0 radical (unpaired) electrons. The van der Waals surface area contributed by atoms with Gasteiger partial charge < -0.3 is 14.0 Å². The summed E-state index contributed by atoms with van der Waals surface area (Å²) < 4.78 is 13.2. The van der Waals surface area contributed by atoms with Crippen molar-refractivity contribution in [1.82, 2.24) is 4.57 Å². The predicted octanol–water partition coefficient (Wildman–Crippen LogP) is 5.72. The molecule has 3 aromatic carbocycles. The average Bonchev–Trinajstić information content (AvgIpc) is 3.27. The van der Waals surface area contributed by atoms with Crippen LogP contribution in [0, 0.1) is 0 Å². The largest absolute Gasteiger partial charge is 0.497 e. The number of hydrogen-bond donors (Lipinski definition) is 0. The maximum Gasteiger partial charge on any atom is 0.276 e. The quantitative estimate of drug-likeness (QED) is 0.410. The number of aromatic nitrogens is 1. The minimum absolute atomic E-state index is 0.00336. The first-order valence-electron chi connectivity index (χ1n) is 10.8. The molecule has 0 aliphatic carbocycles. The Morgan fingerprint density at radius 1 is 0.875 bits per heavy atom.